The van der Waals surface area contributed by atoms with Crippen LogP contribution < -0.4 is 15.3 Å². The summed E-state index contributed by atoms with van der Waals surface area (Å²) in [6.07, 6.45) is -0.348. The van der Waals surface area contributed by atoms with Crippen molar-refractivity contribution < 1.29 is 27.9 Å². The van der Waals surface area contributed by atoms with Gasteiger partial charge in [-0.05, 0) is 65.0 Å². The number of esters is 1. The molecule has 3 N–H and O–H groups in total. The van der Waals surface area contributed by atoms with Crippen molar-refractivity contribution in [1.29, 1.82) is 0 Å². The molecule has 220 valence electrons. The lowest BCUT2D eigenvalue weighted by molar-refractivity contribution is -0.149. The van der Waals surface area contributed by atoms with Gasteiger partial charge in [-0.2, -0.15) is 5.09 Å². The molecule has 0 spiro atoms. The molecule has 0 aliphatic heterocycles. The van der Waals surface area contributed by atoms with Gasteiger partial charge in [0, 0.05) is 17.0 Å². The van der Waals surface area contributed by atoms with Crippen molar-refractivity contribution in [1.82, 2.24) is 19.6 Å². The van der Waals surface area contributed by atoms with E-state index in [0.29, 0.717) is 34.3 Å². The lowest BCUT2D eigenvalue weighted by Crippen LogP contribution is -2.36. The van der Waals surface area contributed by atoms with Gasteiger partial charge in [0.2, 0.25) is 0 Å². The number of imidazole rings is 1. The molecule has 4 rings (SSSR count). The number of nitrogens with two attached hydrogens (primary N) is 1. The van der Waals surface area contributed by atoms with Crippen molar-refractivity contribution in [3.05, 3.63) is 59.4 Å². The van der Waals surface area contributed by atoms with E-state index in [2.05, 4.69) is 10.1 Å². The zero-order chi connectivity index (χ0) is 29.7. The number of halogens is 1. The van der Waals surface area contributed by atoms with Crippen LogP contribution in [-0.2, 0) is 30.0 Å². The smallest absolute Gasteiger partial charge is 0.459 e. The van der Waals surface area contributed by atoms with Crippen LogP contribution in [0.25, 0.3) is 21.9 Å². The monoisotopic (exact) mass is 603 g/mol. The number of para-hydroxylation sites is 1. The zero-order valence-corrected chi connectivity index (χ0v) is 25.3. The fourth-order valence-corrected chi connectivity index (χ4v) is 5.96. The molecule has 0 radical (unpaired) electrons. The maximum Gasteiger partial charge on any atom is 0.459 e. The van der Waals surface area contributed by atoms with E-state index < -0.39 is 25.8 Å². The maximum atomic E-state index is 14.1. The fraction of sp³-hybridized carbons (Fsp3) is 0.393. The molecule has 0 fully saturated rings. The molecule has 13 heteroatoms. The number of ether oxygens (including phenoxy) is 2. The number of hydrogen-bond acceptors (Lipinski definition) is 9. The minimum Gasteiger partial charge on any atom is -0.462 e. The van der Waals surface area contributed by atoms with E-state index in [4.69, 9.17) is 40.8 Å². The van der Waals surface area contributed by atoms with Crippen molar-refractivity contribution in [3.63, 3.8) is 0 Å². The van der Waals surface area contributed by atoms with Crippen LogP contribution in [0.1, 0.15) is 46.5 Å². The van der Waals surface area contributed by atoms with E-state index in [0.717, 1.165) is 10.9 Å². The van der Waals surface area contributed by atoms with E-state index in [9.17, 15) is 9.36 Å². The summed E-state index contributed by atoms with van der Waals surface area (Å²) < 4.78 is 38.7. The van der Waals surface area contributed by atoms with Crippen molar-refractivity contribution in [3.8, 4) is 5.75 Å². The van der Waals surface area contributed by atoms with Gasteiger partial charge in [0.15, 0.2) is 5.82 Å². The first kappa shape index (κ1) is 30.7. The number of hydrogen-bond donors (Lipinski definition) is 2. The summed E-state index contributed by atoms with van der Waals surface area (Å²) in [5.74, 6) is 0.556. The second kappa shape index (κ2) is 13.2. The number of fused-ring (bicyclic) bond motifs is 3. The number of pyridine rings is 1. The van der Waals surface area contributed by atoms with Gasteiger partial charge in [-0.3, -0.25) is 9.32 Å². The summed E-state index contributed by atoms with van der Waals surface area (Å²) in [4.78, 5) is 21.8. The van der Waals surface area contributed by atoms with Gasteiger partial charge >= 0.3 is 13.7 Å². The number of benzene rings is 2. The van der Waals surface area contributed by atoms with Crippen molar-refractivity contribution >= 4 is 53.1 Å². The van der Waals surface area contributed by atoms with Gasteiger partial charge in [-0.25, -0.2) is 14.5 Å². The van der Waals surface area contributed by atoms with Crippen LogP contribution in [0.5, 0.6) is 5.75 Å². The van der Waals surface area contributed by atoms with Crippen LogP contribution in [0, 0.1) is 0 Å². The summed E-state index contributed by atoms with van der Waals surface area (Å²) in [7, 11) is -4.12. The number of carbonyl (C=O) groups excluding carboxylic acids is 1. The Morgan fingerprint density at radius 2 is 1.80 bits per heavy atom. The Hall–Kier alpha value is -3.21. The first-order valence-electron chi connectivity index (χ1n) is 13.3. The highest BCUT2D eigenvalue weighted by molar-refractivity contribution is 7.52. The Labute approximate surface area is 243 Å². The van der Waals surface area contributed by atoms with Crippen molar-refractivity contribution in [2.45, 2.75) is 59.4 Å². The van der Waals surface area contributed by atoms with Gasteiger partial charge in [0.1, 0.15) is 29.7 Å². The highest BCUT2D eigenvalue weighted by Gasteiger charge is 2.34. The quantitative estimate of drug-likeness (QED) is 0.137. The third-order valence-electron chi connectivity index (χ3n) is 6.08. The van der Waals surface area contributed by atoms with Crippen LogP contribution in [-0.4, -0.2) is 45.9 Å². The molecule has 0 saturated carbocycles. The van der Waals surface area contributed by atoms with Crippen molar-refractivity contribution in [2.75, 3.05) is 18.9 Å². The molecule has 2 heterocycles. The number of nitrogens with one attached hydrogen (secondary N) is 1. The lowest BCUT2D eigenvalue weighted by atomic mass is 10.1. The maximum absolute atomic E-state index is 14.1. The molecule has 0 unspecified atom stereocenters. The summed E-state index contributed by atoms with van der Waals surface area (Å²) in [6.45, 7) is 9.41. The minimum atomic E-state index is -4.12. The Bertz CT molecular complexity index is 1560. The summed E-state index contributed by atoms with van der Waals surface area (Å²) in [5, 5.41) is 4.05. The molecule has 0 aliphatic carbocycles. The van der Waals surface area contributed by atoms with Gasteiger partial charge in [0.05, 0.1) is 29.8 Å². The number of rotatable bonds is 13. The highest BCUT2D eigenvalue weighted by atomic mass is 35.5. The Balaban J connectivity index is 1.68. The molecule has 41 heavy (non-hydrogen) atoms. The van der Waals surface area contributed by atoms with E-state index in [1.165, 1.54) is 6.92 Å². The third kappa shape index (κ3) is 7.36. The van der Waals surface area contributed by atoms with Gasteiger partial charge in [-0.1, -0.05) is 29.8 Å². The predicted molar refractivity (Wildman–Crippen MR) is 159 cm³/mol. The van der Waals surface area contributed by atoms with E-state index in [1.807, 2.05) is 42.7 Å². The first-order chi connectivity index (χ1) is 19.5. The number of carbonyl (C=O) groups is 1. The Kier molecular flexibility index (Phi) is 9.88. The Morgan fingerprint density at radius 3 is 2.49 bits per heavy atom. The van der Waals surface area contributed by atoms with Crippen LogP contribution in [0.2, 0.25) is 5.02 Å². The third-order valence-corrected chi connectivity index (χ3v) is 7.98. The molecule has 4 aromatic rings. The first-order valence-corrected chi connectivity index (χ1v) is 15.2. The molecule has 0 aliphatic rings. The molecular formula is C28H35ClN5O6P. The molecule has 0 bridgehead atoms. The molecule has 3 atom stereocenters. The van der Waals surface area contributed by atoms with E-state index in [1.54, 1.807) is 38.1 Å². The molecular weight excluding hydrogens is 569 g/mol. The summed E-state index contributed by atoms with van der Waals surface area (Å²) in [6, 6.07) is 12.5. The van der Waals surface area contributed by atoms with Gasteiger partial charge in [-0.15, -0.1) is 0 Å². The molecule has 11 nitrogen and oxygen atoms in total. The molecule has 0 saturated heterocycles. The van der Waals surface area contributed by atoms with Gasteiger partial charge in [0.25, 0.3) is 0 Å². The van der Waals surface area contributed by atoms with E-state index >= 15 is 0 Å². The Morgan fingerprint density at radius 1 is 1.10 bits per heavy atom. The second-order valence-electron chi connectivity index (χ2n) is 9.77. The lowest BCUT2D eigenvalue weighted by Gasteiger charge is -2.25. The average Bonchev–Trinajstić information content (AvgIpc) is 3.32. The number of nitrogens with zero attached hydrogens (tertiary/aromatic N) is 3. The highest BCUT2D eigenvalue weighted by Crippen LogP contribution is 2.46. The SMILES string of the molecule is CCOCc1nc2c(N)nc3ccccc3c2n1[C@@H](C)CO[P@@](=O)(N[C@@H](C)C(=O)OC(C)C)Oc1ccc(Cl)cc1. The van der Waals surface area contributed by atoms with Crippen LogP contribution in [0.4, 0.5) is 5.82 Å². The second-order valence-corrected chi connectivity index (χ2v) is 11.9. The number of anilines is 1. The number of nitrogen functional groups attached to an aromatic ring is 1. The summed E-state index contributed by atoms with van der Waals surface area (Å²) >= 11 is 6.00. The van der Waals surface area contributed by atoms with Crippen LogP contribution >= 0.6 is 19.3 Å². The van der Waals surface area contributed by atoms with Crippen LogP contribution in [0.3, 0.4) is 0 Å². The fourth-order valence-electron chi connectivity index (χ4n) is 4.27. The summed E-state index contributed by atoms with van der Waals surface area (Å²) in [5.41, 5.74) is 8.31. The average molecular weight is 604 g/mol. The molecule has 2 aromatic carbocycles. The normalized spacial score (nSPS) is 14.7. The minimum absolute atomic E-state index is 0.0784. The largest absolute Gasteiger partial charge is 0.462 e. The standard InChI is InChI=1S/C28H35ClN5O6P/c1-6-37-16-24-32-25-26(22-9-7-8-10-23(22)31-27(25)30)34(24)18(4)15-38-41(36,33-19(5)28(35)39-17(2)3)40-21-13-11-20(29)12-14-21/h7-14,17-19H,6,15-16H2,1-5H3,(H2,30,31)(H,33,36)/t18-,19-,41-/m0/s1. The van der Waals surface area contributed by atoms with Crippen molar-refractivity contribution in [2.24, 2.45) is 0 Å². The van der Waals surface area contributed by atoms with Gasteiger partial charge < -0.3 is 24.3 Å². The number of aromatic nitrogens is 3. The van der Waals surface area contributed by atoms with Crippen LogP contribution in [0.15, 0.2) is 48.5 Å². The molecule has 2 aromatic heterocycles. The topological polar surface area (TPSA) is 140 Å². The zero-order valence-electron chi connectivity index (χ0n) is 23.7. The predicted octanol–water partition coefficient (Wildman–Crippen LogP) is 6.05. The molecule has 0 amide bonds. The van der Waals surface area contributed by atoms with E-state index in [-0.39, 0.29) is 25.1 Å².